The summed E-state index contributed by atoms with van der Waals surface area (Å²) in [6.07, 6.45) is 3.23. The van der Waals surface area contributed by atoms with E-state index in [-0.39, 0.29) is 16.7 Å². The van der Waals surface area contributed by atoms with Crippen LogP contribution in [0.1, 0.15) is 34.9 Å². The van der Waals surface area contributed by atoms with Crippen LogP contribution in [0.4, 0.5) is 5.69 Å². The smallest absolute Gasteiger partial charge is 0.269 e. The Morgan fingerprint density at radius 3 is 3.00 bits per heavy atom. The van der Waals surface area contributed by atoms with Crippen LogP contribution in [0.2, 0.25) is 0 Å². The number of fused-ring (bicyclic) bond motifs is 1. The summed E-state index contributed by atoms with van der Waals surface area (Å²) in [7, 11) is 2.11. The van der Waals surface area contributed by atoms with Crippen LogP contribution in [0.25, 0.3) is 0 Å². The van der Waals surface area contributed by atoms with Gasteiger partial charge in [-0.3, -0.25) is 15.0 Å². The van der Waals surface area contributed by atoms with Crippen molar-refractivity contribution in [1.82, 2.24) is 4.90 Å². The van der Waals surface area contributed by atoms with E-state index in [0.717, 1.165) is 31.4 Å². The third-order valence-corrected chi connectivity index (χ3v) is 5.00. The maximum atomic E-state index is 11.0. The Balaban J connectivity index is 1.88. The second kappa shape index (κ2) is 5.95. The van der Waals surface area contributed by atoms with Crippen LogP contribution >= 0.6 is 11.3 Å². The van der Waals surface area contributed by atoms with E-state index in [9.17, 15) is 10.1 Å². The van der Waals surface area contributed by atoms with Crippen molar-refractivity contribution in [3.05, 3.63) is 61.8 Å². The molecule has 1 aliphatic rings. The van der Waals surface area contributed by atoms with E-state index in [0.29, 0.717) is 0 Å². The van der Waals surface area contributed by atoms with Gasteiger partial charge in [-0.1, -0.05) is 12.1 Å². The lowest BCUT2D eigenvalue weighted by atomic mass is 9.86. The van der Waals surface area contributed by atoms with E-state index in [2.05, 4.69) is 29.5 Å². The average molecular weight is 302 g/mol. The Labute approximate surface area is 128 Å². The molecule has 1 unspecified atom stereocenters. The lowest BCUT2D eigenvalue weighted by Gasteiger charge is -2.33. The molecule has 3 rings (SSSR count). The van der Waals surface area contributed by atoms with Gasteiger partial charge in [-0.15, -0.1) is 11.3 Å². The van der Waals surface area contributed by atoms with Crippen molar-refractivity contribution in [3.63, 3.8) is 0 Å². The van der Waals surface area contributed by atoms with Gasteiger partial charge in [0.15, 0.2) is 0 Å². The predicted molar refractivity (Wildman–Crippen MR) is 84.6 cm³/mol. The minimum Gasteiger partial charge on any atom is -0.294 e. The maximum absolute atomic E-state index is 11.0. The van der Waals surface area contributed by atoms with Crippen LogP contribution in [-0.2, 0) is 13.0 Å². The number of nitrogens with zero attached hydrogens (tertiary/aromatic N) is 2. The lowest BCUT2D eigenvalue weighted by molar-refractivity contribution is -0.385. The number of nitro benzene ring substituents is 1. The number of thiophene rings is 1. The molecule has 0 amide bonds. The van der Waals surface area contributed by atoms with Gasteiger partial charge >= 0.3 is 0 Å². The fourth-order valence-corrected chi connectivity index (χ4v) is 3.86. The summed E-state index contributed by atoms with van der Waals surface area (Å²) in [5.41, 5.74) is 2.59. The lowest BCUT2D eigenvalue weighted by Crippen LogP contribution is -2.27. The molecule has 5 heteroatoms. The highest BCUT2D eigenvalue weighted by molar-refractivity contribution is 7.09. The topological polar surface area (TPSA) is 46.4 Å². The van der Waals surface area contributed by atoms with Crippen molar-refractivity contribution < 1.29 is 4.92 Å². The Hall–Kier alpha value is -1.72. The fraction of sp³-hybridized carbons (Fsp3) is 0.375. The first kappa shape index (κ1) is 14.2. The highest BCUT2D eigenvalue weighted by Crippen LogP contribution is 2.36. The summed E-state index contributed by atoms with van der Waals surface area (Å²) < 4.78 is 0. The van der Waals surface area contributed by atoms with Gasteiger partial charge in [0.2, 0.25) is 0 Å². The molecule has 110 valence electrons. The third-order valence-electron chi connectivity index (χ3n) is 4.14. The van der Waals surface area contributed by atoms with E-state index >= 15 is 0 Å². The van der Waals surface area contributed by atoms with E-state index in [1.54, 1.807) is 23.5 Å². The number of benzene rings is 1. The first-order valence-corrected chi connectivity index (χ1v) is 8.03. The Kier molecular flexibility index (Phi) is 4.03. The van der Waals surface area contributed by atoms with Crippen molar-refractivity contribution in [3.8, 4) is 0 Å². The minimum absolute atomic E-state index is 0.199. The van der Waals surface area contributed by atoms with Crippen LogP contribution < -0.4 is 0 Å². The minimum atomic E-state index is -0.300. The van der Waals surface area contributed by atoms with Crippen molar-refractivity contribution in [2.45, 2.75) is 31.8 Å². The molecule has 0 aliphatic heterocycles. The standard InChI is InChI=1S/C16H18N2O2S/c1-17(11-14-5-3-9-21-14)16-6-2-4-12-7-8-13(18(19)20)10-15(12)16/h3,5,7-10,16H,2,4,6,11H2,1H3. The van der Waals surface area contributed by atoms with Crippen LogP contribution in [0, 0.1) is 10.1 Å². The molecule has 0 saturated heterocycles. The van der Waals surface area contributed by atoms with Crippen LogP contribution in [0.5, 0.6) is 0 Å². The molecule has 21 heavy (non-hydrogen) atoms. The van der Waals surface area contributed by atoms with Gasteiger partial charge < -0.3 is 0 Å². The molecule has 0 radical (unpaired) electrons. The van der Waals surface area contributed by atoms with Crippen molar-refractivity contribution in [1.29, 1.82) is 0 Å². The molecule has 0 fully saturated rings. The van der Waals surface area contributed by atoms with Crippen LogP contribution in [-0.4, -0.2) is 16.9 Å². The van der Waals surface area contributed by atoms with Gasteiger partial charge in [0.25, 0.3) is 5.69 Å². The molecule has 0 saturated carbocycles. The summed E-state index contributed by atoms with van der Waals surface area (Å²) in [4.78, 5) is 14.4. The largest absolute Gasteiger partial charge is 0.294 e. The molecule has 0 bridgehead atoms. The first-order valence-electron chi connectivity index (χ1n) is 7.15. The van der Waals surface area contributed by atoms with E-state index in [1.165, 1.54) is 10.4 Å². The molecular formula is C16H18N2O2S. The van der Waals surface area contributed by atoms with Crippen molar-refractivity contribution in [2.24, 2.45) is 0 Å². The quantitative estimate of drug-likeness (QED) is 0.629. The number of nitro groups is 1. The molecule has 1 heterocycles. The van der Waals surface area contributed by atoms with Gasteiger partial charge in [0.1, 0.15) is 0 Å². The van der Waals surface area contributed by atoms with E-state index in [4.69, 9.17) is 0 Å². The zero-order valence-corrected chi connectivity index (χ0v) is 12.8. The number of hydrogen-bond donors (Lipinski definition) is 0. The van der Waals surface area contributed by atoms with Gasteiger partial charge in [0.05, 0.1) is 4.92 Å². The van der Waals surface area contributed by atoms with Gasteiger partial charge in [-0.05, 0) is 48.9 Å². The Morgan fingerprint density at radius 2 is 2.29 bits per heavy atom. The molecule has 0 N–H and O–H groups in total. The molecular weight excluding hydrogens is 284 g/mol. The second-order valence-electron chi connectivity index (χ2n) is 5.54. The molecule has 0 spiro atoms. The SMILES string of the molecule is CN(Cc1cccs1)C1CCCc2ccc([N+](=O)[O-])cc21. The normalized spacial score (nSPS) is 17.7. The van der Waals surface area contributed by atoms with Crippen molar-refractivity contribution in [2.75, 3.05) is 7.05 Å². The predicted octanol–water partition coefficient (Wildman–Crippen LogP) is 4.17. The second-order valence-corrected chi connectivity index (χ2v) is 6.57. The summed E-state index contributed by atoms with van der Waals surface area (Å²) in [5, 5.41) is 13.1. The summed E-state index contributed by atoms with van der Waals surface area (Å²) in [6, 6.07) is 9.80. The molecule has 1 aliphatic carbocycles. The van der Waals surface area contributed by atoms with Crippen molar-refractivity contribution >= 4 is 17.0 Å². The van der Waals surface area contributed by atoms with Gasteiger partial charge in [-0.25, -0.2) is 0 Å². The average Bonchev–Trinajstić information content (AvgIpc) is 2.98. The fourth-order valence-electron chi connectivity index (χ4n) is 3.09. The zero-order valence-electron chi connectivity index (χ0n) is 12.0. The number of non-ortho nitro benzene ring substituents is 1. The molecule has 4 nitrogen and oxygen atoms in total. The molecule has 2 aromatic rings. The van der Waals surface area contributed by atoms with Crippen LogP contribution in [0.3, 0.4) is 0 Å². The van der Waals surface area contributed by atoms with E-state index < -0.39 is 0 Å². The van der Waals surface area contributed by atoms with Gasteiger partial charge in [-0.2, -0.15) is 0 Å². The summed E-state index contributed by atoms with van der Waals surface area (Å²) >= 11 is 1.75. The van der Waals surface area contributed by atoms with Gasteiger partial charge in [0, 0.05) is 29.6 Å². The Bertz CT molecular complexity index is 640. The number of hydrogen-bond acceptors (Lipinski definition) is 4. The van der Waals surface area contributed by atoms with E-state index in [1.807, 2.05) is 6.07 Å². The summed E-state index contributed by atoms with van der Waals surface area (Å²) in [5.74, 6) is 0. The highest BCUT2D eigenvalue weighted by Gasteiger charge is 2.25. The first-order chi connectivity index (χ1) is 10.1. The molecule has 1 atom stereocenters. The molecule has 1 aromatic carbocycles. The summed E-state index contributed by atoms with van der Waals surface area (Å²) in [6.45, 7) is 0.893. The zero-order chi connectivity index (χ0) is 14.8. The number of rotatable bonds is 4. The molecule has 1 aromatic heterocycles. The Morgan fingerprint density at radius 1 is 1.43 bits per heavy atom. The third kappa shape index (κ3) is 2.99. The number of aryl methyl sites for hydroxylation is 1. The maximum Gasteiger partial charge on any atom is 0.269 e. The monoisotopic (exact) mass is 302 g/mol. The highest BCUT2D eigenvalue weighted by atomic mass is 32.1. The van der Waals surface area contributed by atoms with Crippen LogP contribution in [0.15, 0.2) is 35.7 Å².